The van der Waals surface area contributed by atoms with Crippen molar-refractivity contribution in [1.82, 2.24) is 0 Å². The molecule has 2 aromatic rings. The summed E-state index contributed by atoms with van der Waals surface area (Å²) >= 11 is 0. The molecule has 21 heavy (non-hydrogen) atoms. The average Bonchev–Trinajstić information content (AvgIpc) is 2.49. The van der Waals surface area contributed by atoms with Gasteiger partial charge in [-0.05, 0) is 42.5 Å². The third-order valence-electron chi connectivity index (χ3n) is 3.88. The molecule has 0 bridgehead atoms. The van der Waals surface area contributed by atoms with Gasteiger partial charge in [-0.2, -0.15) is 0 Å². The monoisotopic (exact) mass is 284 g/mol. The van der Waals surface area contributed by atoms with Crippen molar-refractivity contribution in [2.45, 2.75) is 32.8 Å². The zero-order valence-corrected chi connectivity index (χ0v) is 13.1. The molecule has 0 aliphatic rings. The van der Waals surface area contributed by atoms with Crippen molar-refractivity contribution in [3.05, 3.63) is 70.3 Å². The van der Waals surface area contributed by atoms with Crippen LogP contribution in [-0.2, 0) is 17.6 Å². The largest absolute Gasteiger partial charge is 0.388 e. The van der Waals surface area contributed by atoms with Crippen LogP contribution < -0.4 is 0 Å². The fourth-order valence-electron chi connectivity index (χ4n) is 2.47. The van der Waals surface area contributed by atoms with Gasteiger partial charge in [0.25, 0.3) is 0 Å². The molecule has 2 nitrogen and oxygen atoms in total. The number of aliphatic hydroxyl groups excluding tert-OH is 1. The Kier molecular flexibility index (Phi) is 5.54. The van der Waals surface area contributed by atoms with Gasteiger partial charge in [0.15, 0.2) is 0 Å². The minimum absolute atomic E-state index is 0.457. The second-order valence-electron chi connectivity index (χ2n) is 5.63. The molecular weight excluding hydrogens is 260 g/mol. The standard InChI is InChI=1S/C19H24O2/c1-14-4-5-15(2)18(12-14)13-19(20)17-8-6-16(7-9-17)10-11-21-3/h4-9,12,19-20H,10-11,13H2,1-3H3. The first kappa shape index (κ1) is 15.7. The van der Waals surface area contributed by atoms with Crippen LogP contribution in [0.4, 0.5) is 0 Å². The number of benzene rings is 2. The van der Waals surface area contributed by atoms with Gasteiger partial charge in [0.1, 0.15) is 0 Å². The van der Waals surface area contributed by atoms with Gasteiger partial charge in [0.05, 0.1) is 12.7 Å². The maximum atomic E-state index is 10.4. The lowest BCUT2D eigenvalue weighted by Gasteiger charge is -2.14. The molecule has 0 spiro atoms. The number of hydrogen-bond acceptors (Lipinski definition) is 2. The minimum atomic E-state index is -0.457. The minimum Gasteiger partial charge on any atom is -0.388 e. The summed E-state index contributed by atoms with van der Waals surface area (Å²) in [5.74, 6) is 0. The van der Waals surface area contributed by atoms with Crippen LogP contribution in [0.1, 0.15) is 33.9 Å². The number of hydrogen-bond donors (Lipinski definition) is 1. The van der Waals surface area contributed by atoms with Crippen LogP contribution in [0.15, 0.2) is 42.5 Å². The second-order valence-corrected chi connectivity index (χ2v) is 5.63. The average molecular weight is 284 g/mol. The predicted octanol–water partition coefficient (Wildman–Crippen LogP) is 3.77. The van der Waals surface area contributed by atoms with Crippen molar-refractivity contribution >= 4 is 0 Å². The summed E-state index contributed by atoms with van der Waals surface area (Å²) in [6, 6.07) is 14.6. The first-order valence-corrected chi connectivity index (χ1v) is 7.42. The van der Waals surface area contributed by atoms with Crippen molar-refractivity contribution in [3.8, 4) is 0 Å². The van der Waals surface area contributed by atoms with E-state index in [1.807, 2.05) is 12.1 Å². The van der Waals surface area contributed by atoms with Gasteiger partial charge in [-0.25, -0.2) is 0 Å². The fourth-order valence-corrected chi connectivity index (χ4v) is 2.47. The molecule has 0 aliphatic heterocycles. The SMILES string of the molecule is COCCc1ccc(C(O)Cc2cc(C)ccc2C)cc1. The Labute approximate surface area is 127 Å². The first-order chi connectivity index (χ1) is 10.1. The Morgan fingerprint density at radius 2 is 1.76 bits per heavy atom. The fraction of sp³-hybridized carbons (Fsp3) is 0.368. The van der Waals surface area contributed by atoms with Crippen LogP contribution in [-0.4, -0.2) is 18.8 Å². The highest BCUT2D eigenvalue weighted by atomic mass is 16.5. The Balaban J connectivity index is 2.05. The smallest absolute Gasteiger partial charge is 0.0830 e. The predicted molar refractivity (Wildman–Crippen MR) is 86.6 cm³/mol. The molecule has 1 atom stereocenters. The number of rotatable bonds is 6. The summed E-state index contributed by atoms with van der Waals surface area (Å²) in [5, 5.41) is 10.4. The Hall–Kier alpha value is -1.64. The lowest BCUT2D eigenvalue weighted by atomic mass is 9.96. The number of methoxy groups -OCH3 is 1. The zero-order valence-electron chi connectivity index (χ0n) is 13.1. The van der Waals surface area contributed by atoms with E-state index in [0.717, 1.165) is 18.6 Å². The first-order valence-electron chi connectivity index (χ1n) is 7.42. The lowest BCUT2D eigenvalue weighted by Crippen LogP contribution is -2.04. The van der Waals surface area contributed by atoms with E-state index in [1.54, 1.807) is 7.11 Å². The normalized spacial score (nSPS) is 12.4. The summed E-state index contributed by atoms with van der Waals surface area (Å²) in [6.07, 6.45) is 1.11. The Morgan fingerprint density at radius 1 is 1.05 bits per heavy atom. The Morgan fingerprint density at radius 3 is 2.43 bits per heavy atom. The van der Waals surface area contributed by atoms with E-state index >= 15 is 0 Å². The molecule has 2 aromatic carbocycles. The van der Waals surface area contributed by atoms with E-state index in [4.69, 9.17) is 4.74 Å². The Bertz CT molecular complexity index is 573. The van der Waals surface area contributed by atoms with E-state index in [2.05, 4.69) is 44.2 Å². The van der Waals surface area contributed by atoms with Gasteiger partial charge in [-0.15, -0.1) is 0 Å². The van der Waals surface area contributed by atoms with Gasteiger partial charge in [-0.3, -0.25) is 0 Å². The molecule has 0 heterocycles. The molecule has 0 radical (unpaired) electrons. The summed E-state index contributed by atoms with van der Waals surface area (Å²) in [4.78, 5) is 0. The van der Waals surface area contributed by atoms with Gasteiger partial charge >= 0.3 is 0 Å². The molecule has 0 amide bonds. The van der Waals surface area contributed by atoms with Crippen molar-refractivity contribution < 1.29 is 9.84 Å². The van der Waals surface area contributed by atoms with Crippen LogP contribution >= 0.6 is 0 Å². The maximum absolute atomic E-state index is 10.4. The van der Waals surface area contributed by atoms with E-state index in [1.165, 1.54) is 22.3 Å². The molecule has 1 N–H and O–H groups in total. The molecular formula is C19H24O2. The van der Waals surface area contributed by atoms with Crippen LogP contribution in [0, 0.1) is 13.8 Å². The third kappa shape index (κ3) is 4.42. The number of aryl methyl sites for hydroxylation is 2. The summed E-state index contributed by atoms with van der Waals surface area (Å²) in [6.45, 7) is 4.90. The van der Waals surface area contributed by atoms with Crippen LogP contribution in [0.5, 0.6) is 0 Å². The number of aliphatic hydroxyl groups is 1. The van der Waals surface area contributed by atoms with E-state index in [-0.39, 0.29) is 0 Å². The molecule has 0 fully saturated rings. The highest BCUT2D eigenvalue weighted by Crippen LogP contribution is 2.21. The summed E-state index contributed by atoms with van der Waals surface area (Å²) in [5.41, 5.74) is 5.89. The number of ether oxygens (including phenoxy) is 1. The topological polar surface area (TPSA) is 29.5 Å². The molecule has 0 aliphatic carbocycles. The van der Waals surface area contributed by atoms with Crippen LogP contribution in [0.25, 0.3) is 0 Å². The summed E-state index contributed by atoms with van der Waals surface area (Å²) < 4.78 is 5.08. The molecule has 0 saturated heterocycles. The zero-order chi connectivity index (χ0) is 15.2. The van der Waals surface area contributed by atoms with Gasteiger partial charge in [0.2, 0.25) is 0 Å². The van der Waals surface area contributed by atoms with E-state index in [9.17, 15) is 5.11 Å². The molecule has 0 saturated carbocycles. The van der Waals surface area contributed by atoms with E-state index < -0.39 is 6.10 Å². The van der Waals surface area contributed by atoms with Gasteiger partial charge in [0, 0.05) is 13.5 Å². The van der Waals surface area contributed by atoms with Crippen LogP contribution in [0.3, 0.4) is 0 Å². The van der Waals surface area contributed by atoms with Crippen molar-refractivity contribution in [3.63, 3.8) is 0 Å². The molecule has 1 unspecified atom stereocenters. The summed E-state index contributed by atoms with van der Waals surface area (Å²) in [7, 11) is 1.71. The lowest BCUT2D eigenvalue weighted by molar-refractivity contribution is 0.178. The van der Waals surface area contributed by atoms with Crippen molar-refractivity contribution in [2.75, 3.05) is 13.7 Å². The highest BCUT2D eigenvalue weighted by molar-refractivity contribution is 5.33. The molecule has 2 heteroatoms. The van der Waals surface area contributed by atoms with E-state index in [0.29, 0.717) is 6.42 Å². The highest BCUT2D eigenvalue weighted by Gasteiger charge is 2.10. The van der Waals surface area contributed by atoms with Crippen molar-refractivity contribution in [2.24, 2.45) is 0 Å². The van der Waals surface area contributed by atoms with Crippen molar-refractivity contribution in [1.29, 1.82) is 0 Å². The maximum Gasteiger partial charge on any atom is 0.0830 e. The van der Waals surface area contributed by atoms with Crippen LogP contribution in [0.2, 0.25) is 0 Å². The molecule has 0 aromatic heterocycles. The third-order valence-corrected chi connectivity index (χ3v) is 3.88. The second kappa shape index (κ2) is 7.39. The quantitative estimate of drug-likeness (QED) is 0.875. The molecule has 112 valence electrons. The molecule has 2 rings (SSSR count). The van der Waals surface area contributed by atoms with Gasteiger partial charge in [-0.1, -0.05) is 48.0 Å². The van der Waals surface area contributed by atoms with Gasteiger partial charge < -0.3 is 9.84 Å².